The highest BCUT2D eigenvalue weighted by molar-refractivity contribution is 6.59. The van der Waals surface area contributed by atoms with Crippen LogP contribution in [0.3, 0.4) is 0 Å². The average Bonchev–Trinajstić information content (AvgIpc) is 2.93. The van der Waals surface area contributed by atoms with E-state index >= 15 is 0 Å². The van der Waals surface area contributed by atoms with E-state index in [1.807, 2.05) is 18.2 Å². The summed E-state index contributed by atoms with van der Waals surface area (Å²) in [5, 5.41) is 20.2. The van der Waals surface area contributed by atoms with Crippen LogP contribution in [-0.4, -0.2) is 71.6 Å². The van der Waals surface area contributed by atoms with Gasteiger partial charge in [-0.05, 0) is 52.1 Å². The number of anilines is 1. The molecule has 0 spiro atoms. The minimum atomic E-state index is -1.76. The Bertz CT molecular complexity index is 805. The molecule has 1 aliphatic heterocycles. The predicted molar refractivity (Wildman–Crippen MR) is 103 cm³/mol. The van der Waals surface area contributed by atoms with Crippen LogP contribution in [0, 0.1) is 0 Å². The monoisotopic (exact) mass is 359 g/mol. The summed E-state index contributed by atoms with van der Waals surface area (Å²) in [4.78, 5) is 17.2. The summed E-state index contributed by atoms with van der Waals surface area (Å²) >= 11 is 0. The van der Waals surface area contributed by atoms with Crippen molar-refractivity contribution in [3.8, 4) is 0 Å². The van der Waals surface area contributed by atoms with Crippen LogP contribution in [0.5, 0.6) is 0 Å². The van der Waals surface area contributed by atoms with Gasteiger partial charge in [-0.25, -0.2) is 4.79 Å². The van der Waals surface area contributed by atoms with Crippen LogP contribution in [0.4, 0.5) is 10.5 Å². The van der Waals surface area contributed by atoms with Crippen molar-refractivity contribution in [3.63, 3.8) is 0 Å². The summed E-state index contributed by atoms with van der Waals surface area (Å²) in [5.41, 5.74) is 1.08. The van der Waals surface area contributed by atoms with Crippen LogP contribution in [0.1, 0.15) is 20.8 Å². The standard InChI is InChI=1S/C18H26BN3O4/c1-18(2,3)26-17(23)22-15-6-5-14(21-9-7-20(4)8-10-21)11-13(15)12-16(22)19(24)25/h5-6,11-12,24-25H,7-10H2,1-4H3. The largest absolute Gasteiger partial charge is 0.506 e. The topological polar surface area (TPSA) is 78.2 Å². The summed E-state index contributed by atoms with van der Waals surface area (Å²) in [7, 11) is 0.346. The summed E-state index contributed by atoms with van der Waals surface area (Å²) in [6.45, 7) is 9.19. The SMILES string of the molecule is CN1CCN(c2ccc3c(c2)cc(B(O)O)n3C(=O)OC(C)(C)C)CC1. The number of hydrogen-bond donors (Lipinski definition) is 2. The number of rotatable bonds is 2. The number of fused-ring (bicyclic) bond motifs is 1. The van der Waals surface area contributed by atoms with E-state index < -0.39 is 18.8 Å². The number of likely N-dealkylation sites (N-methyl/N-ethyl adjacent to an activating group) is 1. The first-order valence-corrected chi connectivity index (χ1v) is 8.84. The molecular formula is C18H26BN3O4. The van der Waals surface area contributed by atoms with E-state index in [2.05, 4.69) is 16.8 Å². The molecule has 1 saturated heterocycles. The maximum atomic E-state index is 12.6. The van der Waals surface area contributed by atoms with Crippen molar-refractivity contribution in [2.45, 2.75) is 26.4 Å². The molecule has 140 valence electrons. The first-order valence-electron chi connectivity index (χ1n) is 8.84. The van der Waals surface area contributed by atoms with Gasteiger partial charge in [0.15, 0.2) is 0 Å². The third-order valence-electron chi connectivity index (χ3n) is 4.52. The molecule has 0 bridgehead atoms. The molecule has 26 heavy (non-hydrogen) atoms. The van der Waals surface area contributed by atoms with Gasteiger partial charge in [0.1, 0.15) is 5.60 Å². The van der Waals surface area contributed by atoms with Crippen LogP contribution < -0.4 is 10.5 Å². The van der Waals surface area contributed by atoms with Crippen molar-refractivity contribution in [1.29, 1.82) is 0 Å². The van der Waals surface area contributed by atoms with E-state index in [1.54, 1.807) is 26.8 Å². The molecule has 1 aliphatic rings. The Morgan fingerprint density at radius 2 is 1.77 bits per heavy atom. The lowest BCUT2D eigenvalue weighted by atomic mass is 9.86. The van der Waals surface area contributed by atoms with Gasteiger partial charge in [0.2, 0.25) is 0 Å². The summed E-state index contributed by atoms with van der Waals surface area (Å²) < 4.78 is 6.66. The zero-order valence-electron chi connectivity index (χ0n) is 15.8. The van der Waals surface area contributed by atoms with Crippen molar-refractivity contribution >= 4 is 35.4 Å². The number of benzene rings is 1. The zero-order valence-corrected chi connectivity index (χ0v) is 15.8. The molecule has 0 atom stereocenters. The van der Waals surface area contributed by atoms with Crippen LogP contribution in [0.25, 0.3) is 10.9 Å². The van der Waals surface area contributed by atoms with Gasteiger partial charge in [0, 0.05) is 37.3 Å². The molecule has 1 fully saturated rings. The molecule has 2 N–H and O–H groups in total. The Morgan fingerprint density at radius 1 is 1.12 bits per heavy atom. The highest BCUT2D eigenvalue weighted by atomic mass is 16.6. The van der Waals surface area contributed by atoms with Gasteiger partial charge in [0.25, 0.3) is 0 Å². The number of carbonyl (C=O) groups is 1. The van der Waals surface area contributed by atoms with Crippen LogP contribution >= 0.6 is 0 Å². The van der Waals surface area contributed by atoms with E-state index in [0.29, 0.717) is 5.52 Å². The maximum Gasteiger partial charge on any atom is 0.506 e. The van der Waals surface area contributed by atoms with E-state index in [-0.39, 0.29) is 5.59 Å². The minimum Gasteiger partial charge on any atom is -0.443 e. The highest BCUT2D eigenvalue weighted by Crippen LogP contribution is 2.24. The first-order chi connectivity index (χ1) is 12.2. The number of piperazine rings is 1. The number of ether oxygens (including phenoxy) is 1. The van der Waals surface area contributed by atoms with Crippen LogP contribution in [0.2, 0.25) is 0 Å². The summed E-state index contributed by atoms with van der Waals surface area (Å²) in [5.74, 6) is 0. The van der Waals surface area contributed by atoms with Crippen molar-refractivity contribution in [1.82, 2.24) is 9.47 Å². The second-order valence-corrected chi connectivity index (χ2v) is 7.79. The Balaban J connectivity index is 1.99. The van der Waals surface area contributed by atoms with Gasteiger partial charge in [-0.1, -0.05) is 0 Å². The quantitative estimate of drug-likeness (QED) is 0.775. The maximum absolute atomic E-state index is 12.6. The average molecular weight is 359 g/mol. The van der Waals surface area contributed by atoms with E-state index in [4.69, 9.17) is 4.74 Å². The first kappa shape index (κ1) is 18.8. The normalized spacial score (nSPS) is 16.2. The number of nitrogens with zero attached hydrogens (tertiary/aromatic N) is 3. The highest BCUT2D eigenvalue weighted by Gasteiger charge is 2.27. The molecule has 0 radical (unpaired) electrons. The molecule has 1 aromatic carbocycles. The predicted octanol–water partition coefficient (Wildman–Crippen LogP) is 0.856. The number of carbonyl (C=O) groups excluding carboxylic acids is 1. The van der Waals surface area contributed by atoms with E-state index in [0.717, 1.165) is 37.3 Å². The van der Waals surface area contributed by atoms with E-state index in [9.17, 15) is 14.8 Å². The van der Waals surface area contributed by atoms with Crippen LogP contribution in [-0.2, 0) is 4.74 Å². The fourth-order valence-corrected chi connectivity index (χ4v) is 3.19. The van der Waals surface area contributed by atoms with Gasteiger partial charge in [0.05, 0.1) is 11.1 Å². The summed E-state index contributed by atoms with van der Waals surface area (Å²) in [6.07, 6.45) is -0.622. The molecular weight excluding hydrogens is 333 g/mol. The van der Waals surface area contributed by atoms with Crippen molar-refractivity contribution < 1.29 is 19.6 Å². The van der Waals surface area contributed by atoms with E-state index in [1.165, 1.54) is 4.57 Å². The molecule has 2 aromatic rings. The van der Waals surface area contributed by atoms with Gasteiger partial charge in [-0.2, -0.15) is 0 Å². The lowest BCUT2D eigenvalue weighted by Gasteiger charge is -2.34. The van der Waals surface area contributed by atoms with Gasteiger partial charge < -0.3 is 24.6 Å². The summed E-state index contributed by atoms with van der Waals surface area (Å²) in [6, 6.07) is 7.40. The molecule has 0 aliphatic carbocycles. The van der Waals surface area contributed by atoms with Gasteiger partial charge in [-0.15, -0.1) is 0 Å². The Labute approximate surface area is 153 Å². The Hall–Kier alpha value is -2.03. The second-order valence-electron chi connectivity index (χ2n) is 7.79. The fraction of sp³-hybridized carbons (Fsp3) is 0.500. The molecule has 1 aromatic heterocycles. The molecule has 7 nitrogen and oxygen atoms in total. The lowest BCUT2D eigenvalue weighted by Crippen LogP contribution is -2.44. The lowest BCUT2D eigenvalue weighted by molar-refractivity contribution is 0.0547. The van der Waals surface area contributed by atoms with Crippen molar-refractivity contribution in [2.24, 2.45) is 0 Å². The molecule has 0 unspecified atom stereocenters. The fourth-order valence-electron chi connectivity index (χ4n) is 3.19. The zero-order chi connectivity index (χ0) is 19.1. The van der Waals surface area contributed by atoms with Gasteiger partial charge in [-0.3, -0.25) is 4.57 Å². The Kier molecular flexibility index (Phi) is 5.01. The molecule has 2 heterocycles. The molecule has 8 heteroatoms. The third-order valence-corrected chi connectivity index (χ3v) is 4.52. The van der Waals surface area contributed by atoms with Gasteiger partial charge >= 0.3 is 13.2 Å². The minimum absolute atomic E-state index is 0.102. The van der Waals surface area contributed by atoms with Crippen LogP contribution in [0.15, 0.2) is 24.3 Å². The molecule has 3 rings (SSSR count). The van der Waals surface area contributed by atoms with Crippen molar-refractivity contribution in [3.05, 3.63) is 24.3 Å². The molecule has 0 amide bonds. The number of aromatic nitrogens is 1. The van der Waals surface area contributed by atoms with Crippen molar-refractivity contribution in [2.75, 3.05) is 38.1 Å². The number of hydrogen-bond acceptors (Lipinski definition) is 6. The smallest absolute Gasteiger partial charge is 0.443 e. The molecule has 0 saturated carbocycles. The third kappa shape index (κ3) is 3.87. The second kappa shape index (κ2) is 6.94. The Morgan fingerprint density at radius 3 is 2.35 bits per heavy atom.